The van der Waals surface area contributed by atoms with Crippen LogP contribution in [0.1, 0.15) is 6.42 Å². The van der Waals surface area contributed by atoms with E-state index in [1.807, 2.05) is 0 Å². The average Bonchev–Trinajstić information content (AvgIpc) is 2.34. The van der Waals surface area contributed by atoms with Gasteiger partial charge in [-0.25, -0.2) is 13.6 Å². The smallest absolute Gasteiger partial charge is 0.319 e. The quantitative estimate of drug-likeness (QED) is 0.736. The van der Waals surface area contributed by atoms with Crippen LogP contribution in [0.3, 0.4) is 0 Å². The Balaban J connectivity index is 2.37. The zero-order chi connectivity index (χ0) is 14.3. The van der Waals surface area contributed by atoms with Crippen molar-refractivity contribution in [2.45, 2.75) is 12.5 Å². The molecule has 2 amide bonds. The van der Waals surface area contributed by atoms with Gasteiger partial charge in [-0.1, -0.05) is 0 Å². The van der Waals surface area contributed by atoms with E-state index in [2.05, 4.69) is 10.6 Å². The number of aliphatic hydroxyl groups is 1. The minimum Gasteiger partial charge on any atom is -0.391 e. The monoisotopic (exact) mass is 274 g/mol. The predicted molar refractivity (Wildman–Crippen MR) is 65.9 cm³/mol. The molecule has 0 aromatic heterocycles. The van der Waals surface area contributed by atoms with E-state index in [4.69, 9.17) is 4.74 Å². The van der Waals surface area contributed by atoms with Crippen molar-refractivity contribution in [3.63, 3.8) is 0 Å². The minimum atomic E-state index is -0.726. The molecule has 0 aliphatic carbocycles. The number of methoxy groups -OCH3 is 1. The first-order chi connectivity index (χ1) is 9.02. The van der Waals surface area contributed by atoms with Crippen molar-refractivity contribution in [1.82, 2.24) is 5.32 Å². The first-order valence-corrected chi connectivity index (χ1v) is 5.70. The SMILES string of the molecule is COCC(O)CCNC(=O)Nc1cc(F)ccc1F. The zero-order valence-corrected chi connectivity index (χ0v) is 10.5. The molecule has 0 saturated heterocycles. The number of anilines is 1. The summed E-state index contributed by atoms with van der Waals surface area (Å²) >= 11 is 0. The van der Waals surface area contributed by atoms with Gasteiger partial charge in [0.1, 0.15) is 11.6 Å². The van der Waals surface area contributed by atoms with Crippen molar-refractivity contribution in [3.8, 4) is 0 Å². The lowest BCUT2D eigenvalue weighted by Crippen LogP contribution is -2.32. The predicted octanol–water partition coefficient (Wildman–Crippen LogP) is 1.48. The van der Waals surface area contributed by atoms with E-state index >= 15 is 0 Å². The number of halogens is 2. The van der Waals surface area contributed by atoms with Gasteiger partial charge in [0.15, 0.2) is 0 Å². The van der Waals surface area contributed by atoms with E-state index < -0.39 is 23.8 Å². The van der Waals surface area contributed by atoms with Crippen LogP contribution < -0.4 is 10.6 Å². The number of carbonyl (C=O) groups is 1. The largest absolute Gasteiger partial charge is 0.391 e. The summed E-state index contributed by atoms with van der Waals surface area (Å²) in [6.07, 6.45) is -0.386. The summed E-state index contributed by atoms with van der Waals surface area (Å²) in [5, 5.41) is 13.9. The highest BCUT2D eigenvalue weighted by Crippen LogP contribution is 2.14. The lowest BCUT2D eigenvalue weighted by Gasteiger charge is -2.11. The highest BCUT2D eigenvalue weighted by molar-refractivity contribution is 5.89. The molecule has 1 aromatic carbocycles. The maximum atomic E-state index is 13.2. The molecule has 19 heavy (non-hydrogen) atoms. The van der Waals surface area contributed by atoms with Crippen molar-refractivity contribution in [1.29, 1.82) is 0 Å². The van der Waals surface area contributed by atoms with Gasteiger partial charge in [-0.3, -0.25) is 0 Å². The molecule has 1 rings (SSSR count). The number of benzene rings is 1. The molecule has 106 valence electrons. The Morgan fingerprint density at radius 2 is 2.21 bits per heavy atom. The summed E-state index contributed by atoms with van der Waals surface area (Å²) < 4.78 is 30.8. The van der Waals surface area contributed by atoms with E-state index in [-0.39, 0.29) is 18.8 Å². The molecular formula is C12H16F2N2O3. The number of nitrogens with one attached hydrogen (secondary N) is 2. The Bertz CT molecular complexity index is 429. The third-order valence-corrected chi connectivity index (χ3v) is 2.30. The Morgan fingerprint density at radius 3 is 2.89 bits per heavy atom. The van der Waals surface area contributed by atoms with E-state index in [9.17, 15) is 18.7 Å². The number of hydrogen-bond acceptors (Lipinski definition) is 3. The number of aliphatic hydroxyl groups excluding tert-OH is 1. The first-order valence-electron chi connectivity index (χ1n) is 5.70. The second-order valence-electron chi connectivity index (χ2n) is 3.90. The van der Waals surface area contributed by atoms with Crippen molar-refractivity contribution in [3.05, 3.63) is 29.8 Å². The summed E-state index contributed by atoms with van der Waals surface area (Å²) in [5.74, 6) is -1.37. The van der Waals surface area contributed by atoms with Crippen LogP contribution in [-0.4, -0.2) is 37.5 Å². The molecule has 0 spiro atoms. The van der Waals surface area contributed by atoms with E-state index in [1.165, 1.54) is 7.11 Å². The van der Waals surface area contributed by atoms with Crippen molar-refractivity contribution < 1.29 is 23.4 Å². The molecule has 1 unspecified atom stereocenters. The minimum absolute atomic E-state index is 0.168. The lowest BCUT2D eigenvalue weighted by atomic mass is 10.2. The van der Waals surface area contributed by atoms with Crippen LogP contribution in [0.15, 0.2) is 18.2 Å². The Hall–Kier alpha value is -1.73. The number of carbonyl (C=O) groups excluding carboxylic acids is 1. The molecule has 1 atom stereocenters. The van der Waals surface area contributed by atoms with Gasteiger partial charge in [0.25, 0.3) is 0 Å². The Kier molecular flexibility index (Phi) is 6.17. The third kappa shape index (κ3) is 5.62. The maximum Gasteiger partial charge on any atom is 0.319 e. The Morgan fingerprint density at radius 1 is 1.47 bits per heavy atom. The summed E-state index contributed by atoms with van der Waals surface area (Å²) in [7, 11) is 1.45. The van der Waals surface area contributed by atoms with Crippen molar-refractivity contribution >= 4 is 11.7 Å². The zero-order valence-electron chi connectivity index (χ0n) is 10.5. The number of rotatable bonds is 6. The van der Waals surface area contributed by atoms with E-state index in [1.54, 1.807) is 0 Å². The highest BCUT2D eigenvalue weighted by Gasteiger charge is 2.08. The molecule has 0 fully saturated rings. The van der Waals surface area contributed by atoms with Gasteiger partial charge >= 0.3 is 6.03 Å². The first kappa shape index (κ1) is 15.3. The van der Waals surface area contributed by atoms with E-state index in [0.29, 0.717) is 6.42 Å². The lowest BCUT2D eigenvalue weighted by molar-refractivity contribution is 0.0599. The molecule has 0 aliphatic rings. The van der Waals surface area contributed by atoms with Crippen molar-refractivity contribution in [2.75, 3.05) is 25.6 Å². The molecule has 5 nitrogen and oxygen atoms in total. The fourth-order valence-electron chi connectivity index (χ4n) is 1.39. The van der Waals surface area contributed by atoms with Gasteiger partial charge in [-0.05, 0) is 18.6 Å². The second-order valence-corrected chi connectivity index (χ2v) is 3.90. The maximum absolute atomic E-state index is 13.2. The second kappa shape index (κ2) is 7.65. The number of urea groups is 1. The fourth-order valence-corrected chi connectivity index (χ4v) is 1.39. The summed E-state index contributed by atoms with van der Waals surface area (Å²) in [5.41, 5.74) is -0.241. The van der Waals surface area contributed by atoms with Crippen LogP contribution in [0.5, 0.6) is 0 Å². The van der Waals surface area contributed by atoms with Gasteiger partial charge in [-0.15, -0.1) is 0 Å². The molecule has 1 aromatic rings. The van der Waals surface area contributed by atoms with Crippen LogP contribution in [0.25, 0.3) is 0 Å². The van der Waals surface area contributed by atoms with Gasteiger partial charge in [0.2, 0.25) is 0 Å². The normalized spacial score (nSPS) is 12.0. The van der Waals surface area contributed by atoms with Gasteiger partial charge < -0.3 is 20.5 Å². The Labute approximate surface area is 109 Å². The molecule has 0 radical (unpaired) electrons. The van der Waals surface area contributed by atoms with Crippen LogP contribution in [-0.2, 0) is 4.74 Å². The molecule has 7 heteroatoms. The van der Waals surface area contributed by atoms with Crippen LogP contribution in [0, 0.1) is 11.6 Å². The summed E-state index contributed by atoms with van der Waals surface area (Å²) in [4.78, 5) is 11.4. The molecule has 3 N–H and O–H groups in total. The van der Waals surface area contributed by atoms with Crippen LogP contribution >= 0.6 is 0 Å². The average molecular weight is 274 g/mol. The highest BCUT2D eigenvalue weighted by atomic mass is 19.1. The molecule has 0 heterocycles. The summed E-state index contributed by atoms with van der Waals surface area (Å²) in [6, 6.07) is 2.09. The molecule has 0 saturated carbocycles. The van der Waals surface area contributed by atoms with E-state index in [0.717, 1.165) is 18.2 Å². The van der Waals surface area contributed by atoms with Gasteiger partial charge in [-0.2, -0.15) is 0 Å². The fraction of sp³-hybridized carbons (Fsp3) is 0.417. The molecule has 0 bridgehead atoms. The molecule has 0 aliphatic heterocycles. The van der Waals surface area contributed by atoms with Crippen LogP contribution in [0.4, 0.5) is 19.3 Å². The molecular weight excluding hydrogens is 258 g/mol. The number of amides is 2. The van der Waals surface area contributed by atoms with Crippen LogP contribution in [0.2, 0.25) is 0 Å². The van der Waals surface area contributed by atoms with Gasteiger partial charge in [0.05, 0.1) is 18.4 Å². The third-order valence-electron chi connectivity index (χ3n) is 2.30. The summed E-state index contributed by atoms with van der Waals surface area (Å²) in [6.45, 7) is 0.356. The number of hydrogen-bond donors (Lipinski definition) is 3. The number of ether oxygens (including phenoxy) is 1. The van der Waals surface area contributed by atoms with Crippen molar-refractivity contribution in [2.24, 2.45) is 0 Å². The standard InChI is InChI=1S/C12H16F2N2O3/c1-19-7-9(17)4-5-15-12(18)16-11-6-8(13)2-3-10(11)14/h2-3,6,9,17H,4-5,7H2,1H3,(H2,15,16,18). The topological polar surface area (TPSA) is 70.6 Å². The van der Waals surface area contributed by atoms with Gasteiger partial charge in [0, 0.05) is 19.7 Å².